The number of hydrogen-bond acceptors (Lipinski definition) is 8. The lowest BCUT2D eigenvalue weighted by atomic mass is 9.79. The SMILES string of the molecule is C[C@@H](O)[C@H]1C(=O)N2C(C(=O)O)=C(Sc3nc(-c4ccc(Cn5ccnc5)s4)cs3)[C@H](C)[C@H]12. The molecule has 0 aliphatic carbocycles. The topological polar surface area (TPSA) is 109 Å². The van der Waals surface area contributed by atoms with Crippen molar-refractivity contribution in [1.29, 1.82) is 0 Å². The van der Waals surface area contributed by atoms with Gasteiger partial charge in [-0.3, -0.25) is 4.79 Å². The van der Waals surface area contributed by atoms with Crippen LogP contribution in [-0.2, 0) is 16.1 Å². The summed E-state index contributed by atoms with van der Waals surface area (Å²) in [5.74, 6) is -2.20. The lowest BCUT2D eigenvalue weighted by molar-refractivity contribution is -0.163. The van der Waals surface area contributed by atoms with Crippen LogP contribution in [0, 0.1) is 11.8 Å². The standard InChI is InChI=1S/C21H20N4O4S3/c1-10-16-15(11(2)26)19(27)25(16)17(20(28)29)18(10)32-21-23-13(8-30-21)14-4-3-12(31-14)7-24-6-5-22-9-24/h3-6,8-11,15-16,26H,7H2,1-2H3,(H,28,29)/t10-,11-,15-,16-/m1/s1. The van der Waals surface area contributed by atoms with Crippen molar-refractivity contribution in [3.05, 3.63) is 51.7 Å². The highest BCUT2D eigenvalue weighted by atomic mass is 32.2. The van der Waals surface area contributed by atoms with Gasteiger partial charge in [0.2, 0.25) is 5.91 Å². The first kappa shape index (κ1) is 21.4. The molecule has 1 saturated heterocycles. The Balaban J connectivity index is 1.37. The smallest absolute Gasteiger partial charge is 0.353 e. The molecule has 11 heteroatoms. The molecule has 2 N–H and O–H groups in total. The number of carboxylic acid groups (broad SMARTS) is 1. The third-order valence-electron chi connectivity index (χ3n) is 5.80. The Morgan fingerprint density at radius 1 is 1.38 bits per heavy atom. The number of carbonyl (C=O) groups excluding carboxylic acids is 1. The predicted octanol–water partition coefficient (Wildman–Crippen LogP) is 3.36. The number of fused-ring (bicyclic) bond motifs is 1. The first-order valence-electron chi connectivity index (χ1n) is 10.0. The molecule has 2 aliphatic rings. The minimum atomic E-state index is -1.13. The first-order valence-corrected chi connectivity index (χ1v) is 12.5. The van der Waals surface area contributed by atoms with Crippen LogP contribution in [0.4, 0.5) is 0 Å². The van der Waals surface area contributed by atoms with Crippen LogP contribution in [-0.4, -0.2) is 53.7 Å². The van der Waals surface area contributed by atoms with Crippen LogP contribution in [0.2, 0.25) is 0 Å². The molecule has 0 spiro atoms. The normalized spacial score (nSPS) is 23.4. The lowest BCUT2D eigenvalue weighted by Gasteiger charge is -2.46. The predicted molar refractivity (Wildman–Crippen MR) is 122 cm³/mol. The van der Waals surface area contributed by atoms with Crippen LogP contribution in [0.1, 0.15) is 18.7 Å². The minimum absolute atomic E-state index is 0.0184. The number of nitrogens with zero attached hydrogens (tertiary/aromatic N) is 4. The van der Waals surface area contributed by atoms with Crippen molar-refractivity contribution in [2.75, 3.05) is 0 Å². The second-order valence-electron chi connectivity index (χ2n) is 7.87. The van der Waals surface area contributed by atoms with Gasteiger partial charge in [0, 0.05) is 33.5 Å². The van der Waals surface area contributed by atoms with Crippen LogP contribution < -0.4 is 0 Å². The Labute approximate surface area is 196 Å². The van der Waals surface area contributed by atoms with Crippen molar-refractivity contribution < 1.29 is 19.8 Å². The lowest BCUT2D eigenvalue weighted by Crippen LogP contribution is -2.63. The van der Waals surface area contributed by atoms with Crippen LogP contribution >= 0.6 is 34.4 Å². The summed E-state index contributed by atoms with van der Waals surface area (Å²) in [7, 11) is 0. The molecule has 0 unspecified atom stereocenters. The highest BCUT2D eigenvalue weighted by Crippen LogP contribution is 2.52. The number of thiazole rings is 1. The molecular weight excluding hydrogens is 468 g/mol. The fraction of sp³-hybridized carbons (Fsp3) is 0.333. The highest BCUT2D eigenvalue weighted by molar-refractivity contribution is 8.04. The quantitative estimate of drug-likeness (QED) is 0.491. The van der Waals surface area contributed by atoms with E-state index in [1.165, 1.54) is 32.9 Å². The number of aliphatic hydroxyl groups excluding tert-OH is 1. The number of aromatic nitrogens is 3. The molecule has 1 amide bonds. The number of thioether (sulfide) groups is 1. The maximum Gasteiger partial charge on any atom is 0.353 e. The summed E-state index contributed by atoms with van der Waals surface area (Å²) >= 11 is 4.42. The van der Waals surface area contributed by atoms with E-state index in [1.54, 1.807) is 30.8 Å². The van der Waals surface area contributed by atoms with Gasteiger partial charge in [-0.2, -0.15) is 0 Å². The summed E-state index contributed by atoms with van der Waals surface area (Å²) in [6.07, 6.45) is 4.64. The summed E-state index contributed by atoms with van der Waals surface area (Å²) in [6, 6.07) is 3.79. The number of imidazole rings is 1. The molecule has 2 aliphatic heterocycles. The van der Waals surface area contributed by atoms with E-state index in [2.05, 4.69) is 11.1 Å². The molecule has 166 valence electrons. The van der Waals surface area contributed by atoms with E-state index in [0.717, 1.165) is 21.5 Å². The van der Waals surface area contributed by atoms with Crippen molar-refractivity contribution in [2.24, 2.45) is 11.8 Å². The second kappa shape index (κ2) is 8.14. The highest BCUT2D eigenvalue weighted by Gasteiger charge is 2.60. The Kier molecular flexibility index (Phi) is 5.44. The summed E-state index contributed by atoms with van der Waals surface area (Å²) in [5.41, 5.74) is 0.869. The summed E-state index contributed by atoms with van der Waals surface area (Å²) in [6.45, 7) is 4.24. The van der Waals surface area contributed by atoms with Gasteiger partial charge in [0.15, 0.2) is 4.34 Å². The molecule has 5 heterocycles. The molecule has 4 atom stereocenters. The van der Waals surface area contributed by atoms with E-state index < -0.39 is 18.0 Å². The van der Waals surface area contributed by atoms with Crippen molar-refractivity contribution >= 4 is 46.3 Å². The van der Waals surface area contributed by atoms with Gasteiger partial charge < -0.3 is 19.7 Å². The number of rotatable bonds is 7. The number of thiophene rings is 1. The first-order chi connectivity index (χ1) is 15.3. The van der Waals surface area contributed by atoms with E-state index in [0.29, 0.717) is 4.91 Å². The van der Waals surface area contributed by atoms with Gasteiger partial charge in [-0.1, -0.05) is 18.7 Å². The number of aliphatic carboxylic acids is 1. The van der Waals surface area contributed by atoms with Gasteiger partial charge >= 0.3 is 5.97 Å². The zero-order valence-corrected chi connectivity index (χ0v) is 19.7. The van der Waals surface area contributed by atoms with E-state index in [1.807, 2.05) is 29.1 Å². The average molecular weight is 489 g/mol. The number of hydrogen-bond donors (Lipinski definition) is 2. The summed E-state index contributed by atoms with van der Waals surface area (Å²) in [4.78, 5) is 37.4. The fourth-order valence-electron chi connectivity index (χ4n) is 4.33. The Morgan fingerprint density at radius 3 is 2.88 bits per heavy atom. The van der Waals surface area contributed by atoms with Crippen LogP contribution in [0.25, 0.3) is 10.6 Å². The molecule has 0 bridgehead atoms. The molecule has 0 aromatic carbocycles. The number of β-lactam (4-membered cyclic amide) rings is 1. The number of carboxylic acids is 1. The van der Waals surface area contributed by atoms with Crippen molar-refractivity contribution in [3.8, 4) is 10.6 Å². The van der Waals surface area contributed by atoms with Crippen molar-refractivity contribution in [2.45, 2.75) is 36.9 Å². The van der Waals surface area contributed by atoms with Gasteiger partial charge in [-0.15, -0.1) is 22.7 Å². The van der Waals surface area contributed by atoms with Crippen molar-refractivity contribution in [3.63, 3.8) is 0 Å². The van der Waals surface area contributed by atoms with Gasteiger partial charge in [0.1, 0.15) is 5.70 Å². The van der Waals surface area contributed by atoms with E-state index in [9.17, 15) is 19.8 Å². The zero-order chi connectivity index (χ0) is 22.6. The van der Waals surface area contributed by atoms with Gasteiger partial charge in [-0.05, 0) is 19.1 Å². The third-order valence-corrected chi connectivity index (χ3v) is 9.12. The summed E-state index contributed by atoms with van der Waals surface area (Å²) in [5, 5.41) is 21.7. The maximum absolute atomic E-state index is 12.5. The van der Waals surface area contributed by atoms with Gasteiger partial charge in [0.05, 0.1) is 41.5 Å². The average Bonchev–Trinajstić information content (AvgIpc) is 3.51. The number of aliphatic hydroxyl groups is 1. The Morgan fingerprint density at radius 2 is 2.19 bits per heavy atom. The van der Waals surface area contributed by atoms with Crippen LogP contribution in [0.15, 0.2) is 51.2 Å². The van der Waals surface area contributed by atoms with E-state index >= 15 is 0 Å². The number of amides is 1. The zero-order valence-electron chi connectivity index (χ0n) is 17.2. The molecule has 5 rings (SSSR count). The number of carbonyl (C=O) groups is 2. The van der Waals surface area contributed by atoms with Crippen molar-refractivity contribution in [1.82, 2.24) is 19.4 Å². The Bertz CT molecular complexity index is 1210. The Hall–Kier alpha value is -2.47. The monoisotopic (exact) mass is 488 g/mol. The van der Waals surface area contributed by atoms with Gasteiger partial charge in [-0.25, -0.2) is 14.8 Å². The third kappa shape index (κ3) is 3.49. The summed E-state index contributed by atoms with van der Waals surface area (Å²) < 4.78 is 2.73. The minimum Gasteiger partial charge on any atom is -0.477 e. The molecular formula is C21H20N4O4S3. The van der Waals surface area contributed by atoms with Crippen LogP contribution in [0.3, 0.4) is 0 Å². The fourth-order valence-corrected chi connectivity index (χ4v) is 7.47. The molecule has 8 nitrogen and oxygen atoms in total. The van der Waals surface area contributed by atoms with Crippen LogP contribution in [0.5, 0.6) is 0 Å². The molecule has 0 radical (unpaired) electrons. The molecule has 3 aromatic rings. The van der Waals surface area contributed by atoms with E-state index in [4.69, 9.17) is 4.98 Å². The molecule has 0 saturated carbocycles. The molecule has 3 aromatic heterocycles. The van der Waals surface area contributed by atoms with Gasteiger partial charge in [0.25, 0.3) is 0 Å². The largest absolute Gasteiger partial charge is 0.477 e. The molecule has 1 fully saturated rings. The molecule has 32 heavy (non-hydrogen) atoms. The maximum atomic E-state index is 12.5. The second-order valence-corrected chi connectivity index (χ2v) is 11.2. The van der Waals surface area contributed by atoms with E-state index in [-0.39, 0.29) is 23.6 Å².